The second-order valence-corrected chi connectivity index (χ2v) is 9.66. The molecule has 4 rings (SSSR count). The lowest BCUT2D eigenvalue weighted by atomic mass is 10.1. The third-order valence-electron chi connectivity index (χ3n) is 5.42. The number of sulfonamides is 1. The van der Waals surface area contributed by atoms with Crippen molar-refractivity contribution in [1.82, 2.24) is 9.62 Å². The van der Waals surface area contributed by atoms with E-state index in [1.54, 1.807) is 54.6 Å². The fourth-order valence-electron chi connectivity index (χ4n) is 3.64. The van der Waals surface area contributed by atoms with E-state index in [1.807, 2.05) is 0 Å². The van der Waals surface area contributed by atoms with Gasteiger partial charge in [0, 0.05) is 19.6 Å². The third-order valence-corrected chi connectivity index (χ3v) is 7.25. The molecule has 2 N–H and O–H groups in total. The van der Waals surface area contributed by atoms with Crippen molar-refractivity contribution in [1.29, 1.82) is 0 Å². The number of benzene rings is 2. The van der Waals surface area contributed by atoms with Gasteiger partial charge in [-0.1, -0.05) is 36.4 Å². The number of nitrogens with one attached hydrogen (secondary N) is 2. The minimum Gasteiger partial charge on any atom is -0.459 e. The molecule has 1 aliphatic heterocycles. The summed E-state index contributed by atoms with van der Waals surface area (Å²) in [6, 6.07) is 16.9. The molecule has 0 atom stereocenters. The maximum atomic E-state index is 12.9. The van der Waals surface area contributed by atoms with Crippen LogP contribution >= 0.6 is 0 Å². The molecule has 10 heteroatoms. The zero-order chi connectivity index (χ0) is 24.0. The molecule has 0 aliphatic carbocycles. The molecular weight excluding hydrogens is 458 g/mol. The number of amides is 2. The summed E-state index contributed by atoms with van der Waals surface area (Å²) in [5, 5.41) is 5.51. The lowest BCUT2D eigenvalue weighted by molar-refractivity contribution is 0.0729. The molecule has 0 radical (unpaired) electrons. The number of carbonyl (C=O) groups excluding carboxylic acids is 2. The van der Waals surface area contributed by atoms with Crippen LogP contribution in [0.5, 0.6) is 0 Å². The van der Waals surface area contributed by atoms with Crippen molar-refractivity contribution < 1.29 is 27.2 Å². The van der Waals surface area contributed by atoms with Crippen LogP contribution < -0.4 is 10.6 Å². The van der Waals surface area contributed by atoms with Gasteiger partial charge in [-0.15, -0.1) is 0 Å². The number of rotatable bonds is 8. The average molecular weight is 484 g/mol. The Morgan fingerprint density at radius 1 is 0.882 bits per heavy atom. The third kappa shape index (κ3) is 5.71. The van der Waals surface area contributed by atoms with E-state index in [4.69, 9.17) is 9.15 Å². The van der Waals surface area contributed by atoms with Gasteiger partial charge in [-0.2, -0.15) is 4.31 Å². The fraction of sp³-hybridized carbons (Fsp3) is 0.250. The Morgan fingerprint density at radius 3 is 2.32 bits per heavy atom. The van der Waals surface area contributed by atoms with Crippen molar-refractivity contribution in [3.8, 4) is 0 Å². The van der Waals surface area contributed by atoms with Crippen LogP contribution in [0.4, 0.5) is 5.69 Å². The molecule has 9 nitrogen and oxygen atoms in total. The summed E-state index contributed by atoms with van der Waals surface area (Å²) in [5.74, 6) is -0.898. The van der Waals surface area contributed by atoms with E-state index >= 15 is 0 Å². The SMILES string of the molecule is O=C(Nc1ccccc1C(=O)NCc1ccccc1CS(=O)(=O)N1CCOCC1)c1ccco1. The molecule has 1 saturated heterocycles. The van der Waals surface area contributed by atoms with Gasteiger partial charge in [0.05, 0.1) is 36.5 Å². The quantitative estimate of drug-likeness (QED) is 0.509. The van der Waals surface area contributed by atoms with Crippen LogP contribution in [0.1, 0.15) is 32.0 Å². The predicted octanol–water partition coefficient (Wildman–Crippen LogP) is 2.62. The zero-order valence-electron chi connectivity index (χ0n) is 18.4. The molecule has 34 heavy (non-hydrogen) atoms. The summed E-state index contributed by atoms with van der Waals surface area (Å²) in [5.41, 5.74) is 1.93. The van der Waals surface area contributed by atoms with Crippen molar-refractivity contribution in [2.45, 2.75) is 12.3 Å². The first kappa shape index (κ1) is 23.7. The van der Waals surface area contributed by atoms with Crippen LogP contribution in [0.2, 0.25) is 0 Å². The molecular formula is C24H25N3O6S. The van der Waals surface area contributed by atoms with Crippen LogP contribution in [0.3, 0.4) is 0 Å². The molecule has 3 aromatic rings. The summed E-state index contributed by atoms with van der Waals surface area (Å²) in [7, 11) is -3.51. The summed E-state index contributed by atoms with van der Waals surface area (Å²) in [6.07, 6.45) is 1.39. The Labute approximate surface area is 197 Å². The summed E-state index contributed by atoms with van der Waals surface area (Å²) < 4.78 is 37.5. The van der Waals surface area contributed by atoms with E-state index in [2.05, 4.69) is 10.6 Å². The lowest BCUT2D eigenvalue weighted by Gasteiger charge is -2.26. The van der Waals surface area contributed by atoms with Crippen LogP contribution in [-0.4, -0.2) is 50.8 Å². The summed E-state index contributed by atoms with van der Waals surface area (Å²) in [6.45, 7) is 1.57. The molecule has 0 unspecified atom stereocenters. The maximum Gasteiger partial charge on any atom is 0.291 e. The zero-order valence-corrected chi connectivity index (χ0v) is 19.2. The first-order valence-corrected chi connectivity index (χ1v) is 12.4. The first-order valence-electron chi connectivity index (χ1n) is 10.8. The molecule has 1 aliphatic rings. The van der Waals surface area contributed by atoms with Crippen LogP contribution in [0.15, 0.2) is 71.3 Å². The highest BCUT2D eigenvalue weighted by Gasteiger charge is 2.25. The van der Waals surface area contributed by atoms with E-state index in [0.29, 0.717) is 43.1 Å². The van der Waals surface area contributed by atoms with Gasteiger partial charge in [-0.25, -0.2) is 8.42 Å². The minimum absolute atomic E-state index is 0.130. The largest absolute Gasteiger partial charge is 0.459 e. The van der Waals surface area contributed by atoms with Gasteiger partial charge in [0.15, 0.2) is 5.76 Å². The number of nitrogens with zero attached hydrogens (tertiary/aromatic N) is 1. The first-order chi connectivity index (χ1) is 16.4. The highest BCUT2D eigenvalue weighted by atomic mass is 32.2. The number of carbonyl (C=O) groups is 2. The number of para-hydroxylation sites is 1. The molecule has 0 bridgehead atoms. The molecule has 2 aromatic carbocycles. The molecule has 0 saturated carbocycles. The van der Waals surface area contributed by atoms with Gasteiger partial charge in [0.2, 0.25) is 10.0 Å². The van der Waals surface area contributed by atoms with Gasteiger partial charge in [0.25, 0.3) is 11.8 Å². The Hall–Kier alpha value is -3.47. The second kappa shape index (κ2) is 10.6. The van der Waals surface area contributed by atoms with Crippen LogP contribution in [-0.2, 0) is 27.1 Å². The highest BCUT2D eigenvalue weighted by Crippen LogP contribution is 2.19. The van der Waals surface area contributed by atoms with Gasteiger partial charge in [-0.05, 0) is 35.4 Å². The monoisotopic (exact) mass is 483 g/mol. The Morgan fingerprint density at radius 2 is 1.59 bits per heavy atom. The number of morpholine rings is 1. The van der Waals surface area contributed by atoms with Crippen molar-refractivity contribution >= 4 is 27.5 Å². The van der Waals surface area contributed by atoms with E-state index in [1.165, 1.54) is 16.6 Å². The lowest BCUT2D eigenvalue weighted by Crippen LogP contribution is -2.41. The van der Waals surface area contributed by atoms with Crippen LogP contribution in [0, 0.1) is 0 Å². The highest BCUT2D eigenvalue weighted by molar-refractivity contribution is 7.88. The van der Waals surface area contributed by atoms with Gasteiger partial charge < -0.3 is 19.8 Å². The van der Waals surface area contributed by atoms with E-state index in [-0.39, 0.29) is 23.6 Å². The molecule has 1 aromatic heterocycles. The van der Waals surface area contributed by atoms with Crippen LogP contribution in [0.25, 0.3) is 0 Å². The molecule has 2 heterocycles. The van der Waals surface area contributed by atoms with E-state index in [9.17, 15) is 18.0 Å². The standard InChI is InChI=1S/C24H25N3O6S/c28-23(20-8-3-4-9-21(20)26-24(29)22-10-5-13-33-22)25-16-18-6-1-2-7-19(18)17-34(30,31)27-11-14-32-15-12-27/h1-10,13H,11-12,14-17H2,(H,25,28)(H,26,29). The summed E-state index contributed by atoms with van der Waals surface area (Å²) >= 11 is 0. The number of furan rings is 1. The maximum absolute atomic E-state index is 12.9. The van der Waals surface area contributed by atoms with E-state index in [0.717, 1.165) is 0 Å². The number of ether oxygens (including phenoxy) is 1. The van der Waals surface area contributed by atoms with Crippen molar-refractivity contribution in [3.63, 3.8) is 0 Å². The van der Waals surface area contributed by atoms with Gasteiger partial charge in [0.1, 0.15) is 0 Å². The number of hydrogen-bond donors (Lipinski definition) is 2. The Bertz CT molecular complexity index is 1250. The van der Waals surface area contributed by atoms with Crippen molar-refractivity contribution in [2.75, 3.05) is 31.6 Å². The number of anilines is 1. The average Bonchev–Trinajstić information content (AvgIpc) is 3.39. The summed E-state index contributed by atoms with van der Waals surface area (Å²) in [4.78, 5) is 25.3. The smallest absolute Gasteiger partial charge is 0.291 e. The van der Waals surface area contributed by atoms with Gasteiger partial charge >= 0.3 is 0 Å². The van der Waals surface area contributed by atoms with Crippen molar-refractivity contribution in [3.05, 3.63) is 89.4 Å². The Kier molecular flexibility index (Phi) is 7.41. The van der Waals surface area contributed by atoms with E-state index < -0.39 is 21.8 Å². The minimum atomic E-state index is -3.51. The Balaban J connectivity index is 1.45. The molecule has 2 amide bonds. The topological polar surface area (TPSA) is 118 Å². The van der Waals surface area contributed by atoms with Gasteiger partial charge in [-0.3, -0.25) is 9.59 Å². The molecule has 0 spiro atoms. The fourth-order valence-corrected chi connectivity index (χ4v) is 5.20. The van der Waals surface area contributed by atoms with Crippen molar-refractivity contribution in [2.24, 2.45) is 0 Å². The second-order valence-electron chi connectivity index (χ2n) is 7.70. The predicted molar refractivity (Wildman–Crippen MR) is 126 cm³/mol. The normalized spacial score (nSPS) is 14.5. The molecule has 178 valence electrons. The molecule has 1 fully saturated rings. The number of hydrogen-bond acceptors (Lipinski definition) is 6.